The summed E-state index contributed by atoms with van der Waals surface area (Å²) in [5, 5.41) is 10.1. The van der Waals surface area contributed by atoms with Gasteiger partial charge < -0.3 is 5.11 Å². The molecule has 0 fully saturated rings. The Bertz CT molecular complexity index is 579. The number of carboxylic acid groups (broad SMARTS) is 1. The first-order chi connectivity index (χ1) is 9.80. The molecule has 1 aromatic rings. The SMILES string of the molecule is CC(C)CC(CNS(=O)(=O)/C=C/c1ccccc1)C(=O)O. The van der Waals surface area contributed by atoms with Gasteiger partial charge in [0.1, 0.15) is 0 Å². The van der Waals surface area contributed by atoms with Crippen LogP contribution in [0, 0.1) is 11.8 Å². The van der Waals surface area contributed by atoms with Crippen molar-refractivity contribution in [2.45, 2.75) is 20.3 Å². The minimum atomic E-state index is -3.64. The van der Waals surface area contributed by atoms with Gasteiger partial charge in [0.15, 0.2) is 0 Å². The highest BCUT2D eigenvalue weighted by molar-refractivity contribution is 7.92. The van der Waals surface area contributed by atoms with Crippen molar-refractivity contribution in [3.05, 3.63) is 41.3 Å². The first-order valence-corrected chi connectivity index (χ1v) is 8.30. The lowest BCUT2D eigenvalue weighted by Crippen LogP contribution is -2.32. The highest BCUT2D eigenvalue weighted by atomic mass is 32.2. The molecule has 0 aliphatic rings. The average molecular weight is 311 g/mol. The van der Waals surface area contributed by atoms with E-state index in [2.05, 4.69) is 4.72 Å². The van der Waals surface area contributed by atoms with Crippen LogP contribution in [0.25, 0.3) is 6.08 Å². The molecular weight excluding hydrogens is 290 g/mol. The maximum atomic E-state index is 11.8. The van der Waals surface area contributed by atoms with E-state index in [0.29, 0.717) is 6.42 Å². The van der Waals surface area contributed by atoms with Crippen molar-refractivity contribution in [3.63, 3.8) is 0 Å². The largest absolute Gasteiger partial charge is 0.481 e. The Kier molecular flexibility index (Phi) is 6.58. The van der Waals surface area contributed by atoms with Gasteiger partial charge in [-0.2, -0.15) is 0 Å². The molecule has 0 heterocycles. The van der Waals surface area contributed by atoms with E-state index in [-0.39, 0.29) is 12.5 Å². The Morgan fingerprint density at radius 1 is 1.29 bits per heavy atom. The van der Waals surface area contributed by atoms with Crippen LogP contribution in [0.1, 0.15) is 25.8 Å². The van der Waals surface area contributed by atoms with E-state index in [0.717, 1.165) is 11.0 Å². The first-order valence-electron chi connectivity index (χ1n) is 6.76. The van der Waals surface area contributed by atoms with E-state index in [1.807, 2.05) is 32.0 Å². The summed E-state index contributed by atoms with van der Waals surface area (Å²) in [5.41, 5.74) is 0.764. The third-order valence-electron chi connectivity index (χ3n) is 2.88. The predicted octanol–water partition coefficient (Wildman–Crippen LogP) is 2.32. The normalized spacial score (nSPS) is 13.7. The molecule has 0 aromatic heterocycles. The molecule has 0 aliphatic heterocycles. The molecule has 0 saturated carbocycles. The summed E-state index contributed by atoms with van der Waals surface area (Å²) in [6.07, 6.45) is 1.90. The Hall–Kier alpha value is -1.66. The van der Waals surface area contributed by atoms with Crippen LogP contribution in [0.2, 0.25) is 0 Å². The lowest BCUT2D eigenvalue weighted by atomic mass is 9.98. The van der Waals surface area contributed by atoms with Gasteiger partial charge in [-0.3, -0.25) is 4.79 Å². The van der Waals surface area contributed by atoms with E-state index >= 15 is 0 Å². The van der Waals surface area contributed by atoms with Gasteiger partial charge in [0, 0.05) is 12.0 Å². The van der Waals surface area contributed by atoms with Crippen molar-refractivity contribution in [1.82, 2.24) is 4.72 Å². The molecule has 2 N–H and O–H groups in total. The van der Waals surface area contributed by atoms with Crippen LogP contribution >= 0.6 is 0 Å². The Labute approximate surface area is 125 Å². The number of aliphatic carboxylic acids is 1. The number of hydrogen-bond donors (Lipinski definition) is 2. The minimum Gasteiger partial charge on any atom is -0.481 e. The second kappa shape index (κ2) is 7.95. The zero-order valence-electron chi connectivity index (χ0n) is 12.2. The van der Waals surface area contributed by atoms with E-state index in [1.54, 1.807) is 12.1 Å². The molecule has 1 aromatic carbocycles. The van der Waals surface area contributed by atoms with Gasteiger partial charge in [-0.05, 0) is 24.0 Å². The molecule has 21 heavy (non-hydrogen) atoms. The van der Waals surface area contributed by atoms with Crippen LogP contribution in [0.4, 0.5) is 0 Å². The van der Waals surface area contributed by atoms with Crippen LogP contribution in [0.3, 0.4) is 0 Å². The van der Waals surface area contributed by atoms with Crippen molar-refractivity contribution in [1.29, 1.82) is 0 Å². The van der Waals surface area contributed by atoms with Crippen LogP contribution < -0.4 is 4.72 Å². The molecule has 0 spiro atoms. The summed E-state index contributed by atoms with van der Waals surface area (Å²) in [6.45, 7) is 3.70. The number of carboxylic acids is 1. The smallest absolute Gasteiger partial charge is 0.307 e. The number of benzene rings is 1. The van der Waals surface area contributed by atoms with Crippen LogP contribution in [-0.4, -0.2) is 26.0 Å². The maximum absolute atomic E-state index is 11.8. The zero-order chi connectivity index (χ0) is 15.9. The number of sulfonamides is 1. The Morgan fingerprint density at radius 2 is 1.90 bits per heavy atom. The molecule has 0 radical (unpaired) electrons. The van der Waals surface area contributed by atoms with Crippen LogP contribution in [0.15, 0.2) is 35.7 Å². The third-order valence-corrected chi connectivity index (χ3v) is 3.94. The highest BCUT2D eigenvalue weighted by Gasteiger charge is 2.20. The fraction of sp³-hybridized carbons (Fsp3) is 0.400. The standard InChI is InChI=1S/C15H21NO4S/c1-12(2)10-14(15(17)18)11-16-21(19,20)9-8-13-6-4-3-5-7-13/h3-9,12,14,16H,10-11H2,1-2H3,(H,17,18)/b9-8+. The molecular formula is C15H21NO4S. The van der Waals surface area contributed by atoms with Crippen LogP contribution in [0.5, 0.6) is 0 Å². The fourth-order valence-electron chi connectivity index (χ4n) is 1.84. The highest BCUT2D eigenvalue weighted by Crippen LogP contribution is 2.12. The van der Waals surface area contributed by atoms with E-state index < -0.39 is 21.9 Å². The number of carbonyl (C=O) groups is 1. The van der Waals surface area contributed by atoms with E-state index in [1.165, 1.54) is 6.08 Å². The molecule has 0 bridgehead atoms. The second-order valence-electron chi connectivity index (χ2n) is 5.27. The van der Waals surface area contributed by atoms with Crippen molar-refractivity contribution in [2.75, 3.05) is 6.54 Å². The molecule has 1 atom stereocenters. The quantitative estimate of drug-likeness (QED) is 0.772. The zero-order valence-corrected chi connectivity index (χ0v) is 13.0. The lowest BCUT2D eigenvalue weighted by Gasteiger charge is -2.14. The van der Waals surface area contributed by atoms with Gasteiger partial charge in [0.2, 0.25) is 10.0 Å². The summed E-state index contributed by atoms with van der Waals surface area (Å²) in [5.74, 6) is -1.51. The van der Waals surface area contributed by atoms with Gasteiger partial charge in [-0.25, -0.2) is 13.1 Å². The maximum Gasteiger partial charge on any atom is 0.307 e. The van der Waals surface area contributed by atoms with Gasteiger partial charge in [0.25, 0.3) is 0 Å². The second-order valence-corrected chi connectivity index (χ2v) is 6.92. The van der Waals surface area contributed by atoms with E-state index in [9.17, 15) is 13.2 Å². The topological polar surface area (TPSA) is 83.5 Å². The van der Waals surface area contributed by atoms with Crippen molar-refractivity contribution >= 4 is 22.1 Å². The monoisotopic (exact) mass is 311 g/mol. The summed E-state index contributed by atoms with van der Waals surface area (Å²) >= 11 is 0. The number of nitrogens with one attached hydrogen (secondary N) is 1. The van der Waals surface area contributed by atoms with Crippen molar-refractivity contribution in [3.8, 4) is 0 Å². The summed E-state index contributed by atoms with van der Waals surface area (Å²) in [6, 6.07) is 9.02. The molecule has 5 nitrogen and oxygen atoms in total. The fourth-order valence-corrected chi connectivity index (χ4v) is 2.70. The molecule has 0 aliphatic carbocycles. The van der Waals surface area contributed by atoms with Crippen LogP contribution in [-0.2, 0) is 14.8 Å². The van der Waals surface area contributed by atoms with Gasteiger partial charge >= 0.3 is 5.97 Å². The molecule has 6 heteroatoms. The summed E-state index contributed by atoms with van der Waals surface area (Å²) in [7, 11) is -3.64. The minimum absolute atomic E-state index is 0.102. The summed E-state index contributed by atoms with van der Waals surface area (Å²) in [4.78, 5) is 11.1. The average Bonchev–Trinajstić information content (AvgIpc) is 2.42. The molecule has 0 saturated heterocycles. The summed E-state index contributed by atoms with van der Waals surface area (Å²) < 4.78 is 26.0. The van der Waals surface area contributed by atoms with Gasteiger partial charge in [0.05, 0.1) is 5.92 Å². The predicted molar refractivity (Wildman–Crippen MR) is 83.0 cm³/mol. The van der Waals surface area contributed by atoms with Crippen molar-refractivity contribution < 1.29 is 18.3 Å². The first kappa shape index (κ1) is 17.4. The molecule has 116 valence electrons. The lowest BCUT2D eigenvalue weighted by molar-refractivity contribution is -0.142. The Morgan fingerprint density at radius 3 is 2.43 bits per heavy atom. The number of rotatable bonds is 8. The Balaban J connectivity index is 2.63. The molecule has 1 unspecified atom stereocenters. The third kappa shape index (κ3) is 7.06. The van der Waals surface area contributed by atoms with Gasteiger partial charge in [-0.1, -0.05) is 44.2 Å². The molecule has 0 amide bonds. The van der Waals surface area contributed by atoms with Gasteiger partial charge in [-0.15, -0.1) is 0 Å². The van der Waals surface area contributed by atoms with Crippen molar-refractivity contribution in [2.24, 2.45) is 11.8 Å². The van der Waals surface area contributed by atoms with E-state index in [4.69, 9.17) is 5.11 Å². The molecule has 1 rings (SSSR count). The number of hydrogen-bond acceptors (Lipinski definition) is 3.